The van der Waals surface area contributed by atoms with Gasteiger partial charge in [-0.25, -0.2) is 0 Å². The van der Waals surface area contributed by atoms with Gasteiger partial charge in [0.25, 0.3) is 5.97 Å². The van der Waals surface area contributed by atoms with Gasteiger partial charge in [-0.05, 0) is 12.5 Å². The smallest absolute Gasteiger partial charge is 0.400 e. The van der Waals surface area contributed by atoms with Crippen molar-refractivity contribution in [2.45, 2.75) is 38.5 Å². The van der Waals surface area contributed by atoms with E-state index < -0.39 is 8.56 Å². The zero-order chi connectivity index (χ0) is 12.7. The van der Waals surface area contributed by atoms with E-state index in [1.54, 1.807) is 7.11 Å². The van der Waals surface area contributed by atoms with Gasteiger partial charge in [0, 0.05) is 26.7 Å². The lowest BCUT2D eigenvalue weighted by atomic mass is 10.5. The largest absolute Gasteiger partial charge is 0.494 e. The van der Waals surface area contributed by atoms with Crippen LogP contribution < -0.4 is 0 Å². The highest BCUT2D eigenvalue weighted by molar-refractivity contribution is 6.68. The maximum Gasteiger partial charge on any atom is 0.400 e. The van der Waals surface area contributed by atoms with Crippen LogP contribution in [0.1, 0.15) is 20.3 Å². The molecule has 0 N–H and O–H groups in total. The van der Waals surface area contributed by atoms with Crippen LogP contribution in [0, 0.1) is 0 Å². The molecule has 1 heterocycles. The summed E-state index contributed by atoms with van der Waals surface area (Å²) in [5.41, 5.74) is 0. The molecule has 100 valence electrons. The van der Waals surface area contributed by atoms with Crippen molar-refractivity contribution in [3.63, 3.8) is 0 Å². The summed E-state index contributed by atoms with van der Waals surface area (Å²) in [5, 5.41) is 0. The van der Waals surface area contributed by atoms with Gasteiger partial charge in [0.2, 0.25) is 0 Å². The second-order valence-electron chi connectivity index (χ2n) is 4.20. The Morgan fingerprint density at radius 1 is 1.53 bits per heavy atom. The molecule has 17 heavy (non-hydrogen) atoms. The predicted molar refractivity (Wildman–Crippen MR) is 65.0 cm³/mol. The zero-order valence-electron chi connectivity index (χ0n) is 10.9. The van der Waals surface area contributed by atoms with Gasteiger partial charge in [0.15, 0.2) is 0 Å². The topological polar surface area (TPSA) is 57.3 Å². The monoisotopic (exact) mass is 262 g/mol. The van der Waals surface area contributed by atoms with Gasteiger partial charge in [0.05, 0.1) is 13.2 Å². The molecule has 2 unspecified atom stereocenters. The summed E-state index contributed by atoms with van der Waals surface area (Å²) in [7, 11) is -0.706. The zero-order valence-corrected chi connectivity index (χ0v) is 11.9. The number of ether oxygens (including phenoxy) is 2. The Morgan fingerprint density at radius 3 is 2.71 bits per heavy atom. The molecule has 5 nitrogen and oxygen atoms in total. The van der Waals surface area contributed by atoms with Crippen LogP contribution in [0.15, 0.2) is 0 Å². The lowest BCUT2D eigenvalue weighted by molar-refractivity contribution is -0.134. The fraction of sp³-hybridized carbons (Fsp3) is 0.909. The minimum atomic E-state index is -2.33. The number of carbonyl (C=O) groups excluding carboxylic acids is 1. The van der Waals surface area contributed by atoms with Crippen LogP contribution in [0.3, 0.4) is 0 Å². The van der Waals surface area contributed by atoms with E-state index in [0.717, 1.165) is 25.1 Å². The Labute approximate surface area is 104 Å². The van der Waals surface area contributed by atoms with Crippen molar-refractivity contribution in [1.82, 2.24) is 0 Å². The molecule has 6 heteroatoms. The first kappa shape index (κ1) is 14.6. The van der Waals surface area contributed by atoms with Crippen molar-refractivity contribution in [3.8, 4) is 0 Å². The minimum Gasteiger partial charge on any atom is -0.494 e. The molecule has 0 aliphatic carbocycles. The van der Waals surface area contributed by atoms with Gasteiger partial charge in [-0.1, -0.05) is 6.92 Å². The standard InChI is InChI=1S/C11H22O5Si/c1-4-17(13-3,16-10(2)12)7-5-6-14-8-11-9-15-11/h11H,4-9H2,1-3H3. The Bertz CT molecular complexity index is 238. The molecule has 0 spiro atoms. The molecule has 0 aromatic rings. The molecule has 2 atom stereocenters. The molecule has 0 saturated carbocycles. The maximum atomic E-state index is 11.0. The first-order valence-corrected chi connectivity index (χ1v) is 8.29. The van der Waals surface area contributed by atoms with E-state index >= 15 is 0 Å². The van der Waals surface area contributed by atoms with Crippen molar-refractivity contribution >= 4 is 14.5 Å². The molecule has 0 aromatic carbocycles. The van der Waals surface area contributed by atoms with Gasteiger partial charge in [-0.3, -0.25) is 4.79 Å². The van der Waals surface area contributed by atoms with Gasteiger partial charge >= 0.3 is 8.56 Å². The fourth-order valence-corrected chi connectivity index (χ4v) is 4.06. The Balaban J connectivity index is 2.19. The van der Waals surface area contributed by atoms with Gasteiger partial charge < -0.3 is 18.3 Å². The molecular weight excluding hydrogens is 240 g/mol. The number of hydrogen-bond acceptors (Lipinski definition) is 5. The molecule has 0 aromatic heterocycles. The molecule has 0 bridgehead atoms. The van der Waals surface area contributed by atoms with Crippen LogP contribution in [-0.2, 0) is 23.1 Å². The lowest BCUT2D eigenvalue weighted by Gasteiger charge is -2.26. The molecule has 1 rings (SSSR count). The van der Waals surface area contributed by atoms with Crippen molar-refractivity contribution in [2.24, 2.45) is 0 Å². The predicted octanol–water partition coefficient (Wildman–Crippen LogP) is 1.46. The van der Waals surface area contributed by atoms with Crippen LogP contribution >= 0.6 is 0 Å². The highest BCUT2D eigenvalue weighted by atomic mass is 28.4. The molecule has 0 radical (unpaired) electrons. The summed E-state index contributed by atoms with van der Waals surface area (Å²) in [6.07, 6.45) is 1.16. The van der Waals surface area contributed by atoms with Crippen molar-refractivity contribution in [3.05, 3.63) is 0 Å². The van der Waals surface area contributed by atoms with Crippen LogP contribution in [-0.4, -0.2) is 47.6 Å². The third-order valence-electron chi connectivity index (χ3n) is 2.79. The molecule has 0 amide bonds. The van der Waals surface area contributed by atoms with Crippen LogP contribution in [0.4, 0.5) is 0 Å². The normalized spacial score (nSPS) is 21.9. The van der Waals surface area contributed by atoms with E-state index in [2.05, 4.69) is 0 Å². The summed E-state index contributed by atoms with van der Waals surface area (Å²) >= 11 is 0. The number of epoxide rings is 1. The van der Waals surface area contributed by atoms with Crippen LogP contribution in [0.2, 0.25) is 12.1 Å². The van der Waals surface area contributed by atoms with Crippen LogP contribution in [0.25, 0.3) is 0 Å². The summed E-state index contributed by atoms with van der Waals surface area (Å²) in [4.78, 5) is 11.0. The highest BCUT2D eigenvalue weighted by Gasteiger charge is 2.37. The van der Waals surface area contributed by atoms with Crippen molar-refractivity contribution in [1.29, 1.82) is 0 Å². The quantitative estimate of drug-likeness (QED) is 0.358. The molecule has 1 saturated heterocycles. The number of carbonyl (C=O) groups is 1. The SMILES string of the molecule is CC[Si](CCCOCC1CO1)(OC)OC(C)=O. The van der Waals surface area contributed by atoms with Gasteiger partial charge in [0.1, 0.15) is 6.10 Å². The second kappa shape index (κ2) is 7.10. The lowest BCUT2D eigenvalue weighted by Crippen LogP contribution is -2.42. The average molecular weight is 262 g/mol. The first-order valence-electron chi connectivity index (χ1n) is 6.06. The van der Waals surface area contributed by atoms with E-state index in [4.69, 9.17) is 18.3 Å². The van der Waals surface area contributed by atoms with E-state index in [9.17, 15) is 4.79 Å². The van der Waals surface area contributed by atoms with E-state index in [1.165, 1.54) is 6.92 Å². The van der Waals surface area contributed by atoms with Crippen LogP contribution in [0.5, 0.6) is 0 Å². The summed E-state index contributed by atoms with van der Waals surface area (Å²) in [6, 6.07) is 1.56. The Morgan fingerprint density at radius 2 is 2.24 bits per heavy atom. The minimum absolute atomic E-state index is 0.257. The van der Waals surface area contributed by atoms with Gasteiger partial charge in [-0.15, -0.1) is 0 Å². The third-order valence-corrected chi connectivity index (χ3v) is 6.39. The first-order chi connectivity index (χ1) is 8.12. The van der Waals surface area contributed by atoms with Crippen molar-refractivity contribution < 1.29 is 23.1 Å². The summed E-state index contributed by atoms with van der Waals surface area (Å²) in [6.45, 7) is 5.58. The van der Waals surface area contributed by atoms with E-state index in [-0.39, 0.29) is 5.97 Å². The third kappa shape index (κ3) is 5.63. The summed E-state index contributed by atoms with van der Waals surface area (Å²) < 4.78 is 21.3. The molecule has 1 aliphatic rings. The van der Waals surface area contributed by atoms with Gasteiger partial charge in [-0.2, -0.15) is 0 Å². The highest BCUT2D eigenvalue weighted by Crippen LogP contribution is 2.20. The Hall–Kier alpha value is -0.433. The van der Waals surface area contributed by atoms with Crippen molar-refractivity contribution in [2.75, 3.05) is 26.9 Å². The second-order valence-corrected chi connectivity index (χ2v) is 7.84. The summed E-state index contributed by atoms with van der Waals surface area (Å²) in [5.74, 6) is -0.257. The van der Waals surface area contributed by atoms with E-state index in [1.807, 2.05) is 6.92 Å². The maximum absolute atomic E-state index is 11.0. The molecular formula is C11H22O5Si. The number of rotatable bonds is 9. The average Bonchev–Trinajstić information content (AvgIpc) is 3.10. The van der Waals surface area contributed by atoms with E-state index in [0.29, 0.717) is 19.3 Å². The molecule has 1 aliphatic heterocycles. The molecule has 1 fully saturated rings. The Kier molecular flexibility index (Phi) is 6.11. The fourth-order valence-electron chi connectivity index (χ4n) is 1.67. The number of hydrogen-bond donors (Lipinski definition) is 0.